The van der Waals surface area contributed by atoms with Gasteiger partial charge in [0.1, 0.15) is 0 Å². The number of carbonyl (C=O) groups is 2. The molecule has 0 saturated heterocycles. The number of nitrogens with one attached hydrogen (secondary N) is 2. The molecule has 1 fully saturated rings. The van der Waals surface area contributed by atoms with Gasteiger partial charge in [0.25, 0.3) is 0 Å². The molecule has 0 atom stereocenters. The molecule has 0 unspecified atom stereocenters. The molecule has 0 aliphatic heterocycles. The highest BCUT2D eigenvalue weighted by atomic mass is 79.9. The molecule has 1 aliphatic carbocycles. The second-order valence-electron chi connectivity index (χ2n) is 4.76. The summed E-state index contributed by atoms with van der Waals surface area (Å²) >= 11 is 6.27. The first-order valence-corrected chi connectivity index (χ1v) is 8.55. The average molecular weight is 384 g/mol. The van der Waals surface area contributed by atoms with Gasteiger partial charge < -0.3 is 10.6 Å². The molecule has 0 radical (unpaired) electrons. The zero-order valence-electron chi connectivity index (χ0n) is 10.4. The van der Waals surface area contributed by atoms with E-state index in [0.29, 0.717) is 22.5 Å². The van der Waals surface area contributed by atoms with E-state index >= 15 is 0 Å². The molecule has 2 N–H and O–H groups in total. The summed E-state index contributed by atoms with van der Waals surface area (Å²) in [6.45, 7) is 1.57. The third-order valence-corrected chi connectivity index (χ3v) is 4.40. The molecule has 2 amide bonds. The summed E-state index contributed by atoms with van der Waals surface area (Å²) in [5, 5.41) is 6.58. The maximum absolute atomic E-state index is 11.1. The maximum atomic E-state index is 11.1. The second kappa shape index (κ2) is 8.91. The van der Waals surface area contributed by atoms with Gasteiger partial charge in [-0.15, -0.1) is 0 Å². The first-order valence-electron chi connectivity index (χ1n) is 6.31. The summed E-state index contributed by atoms with van der Waals surface area (Å²) in [6.07, 6.45) is 4.55. The second-order valence-corrected chi connectivity index (χ2v) is 5.88. The lowest BCUT2D eigenvalue weighted by Crippen LogP contribution is -2.35. The average Bonchev–Trinajstić information content (AvgIpc) is 2.43. The topological polar surface area (TPSA) is 58.2 Å². The van der Waals surface area contributed by atoms with Crippen molar-refractivity contribution in [3.05, 3.63) is 0 Å². The Morgan fingerprint density at radius 1 is 0.833 bits per heavy atom. The predicted molar refractivity (Wildman–Crippen MR) is 79.1 cm³/mol. The SMILES string of the molecule is O=C(CBr)NCC1CCC(CNC(=O)CBr)CC1. The Labute approximate surface area is 125 Å². The number of hydrogen-bond donors (Lipinski definition) is 2. The monoisotopic (exact) mass is 382 g/mol. The minimum atomic E-state index is 0.0571. The van der Waals surface area contributed by atoms with Crippen LogP contribution in [0, 0.1) is 11.8 Å². The third-order valence-electron chi connectivity index (χ3n) is 3.38. The van der Waals surface area contributed by atoms with Crippen LogP contribution in [-0.4, -0.2) is 35.6 Å². The van der Waals surface area contributed by atoms with E-state index in [1.54, 1.807) is 0 Å². The molecule has 4 nitrogen and oxygen atoms in total. The fraction of sp³-hybridized carbons (Fsp3) is 0.833. The Hall–Kier alpha value is -0.100. The number of halogens is 2. The molecule has 18 heavy (non-hydrogen) atoms. The lowest BCUT2D eigenvalue weighted by molar-refractivity contribution is -0.119. The molecule has 0 bridgehead atoms. The highest BCUT2D eigenvalue weighted by Crippen LogP contribution is 2.27. The molecule has 0 heterocycles. The maximum Gasteiger partial charge on any atom is 0.230 e. The van der Waals surface area contributed by atoms with Crippen molar-refractivity contribution in [3.8, 4) is 0 Å². The van der Waals surface area contributed by atoms with E-state index in [-0.39, 0.29) is 11.8 Å². The van der Waals surface area contributed by atoms with Gasteiger partial charge in [-0.1, -0.05) is 31.9 Å². The molecule has 0 spiro atoms. The lowest BCUT2D eigenvalue weighted by atomic mass is 9.82. The van der Waals surface area contributed by atoms with Gasteiger partial charge in [-0.25, -0.2) is 0 Å². The van der Waals surface area contributed by atoms with Crippen LogP contribution < -0.4 is 10.6 Å². The van der Waals surface area contributed by atoms with Crippen molar-refractivity contribution in [2.24, 2.45) is 11.8 Å². The molecule has 1 aliphatic rings. The fourth-order valence-corrected chi connectivity index (χ4v) is 2.65. The van der Waals surface area contributed by atoms with Crippen molar-refractivity contribution in [2.75, 3.05) is 23.7 Å². The van der Waals surface area contributed by atoms with E-state index in [1.807, 2.05) is 0 Å². The quantitative estimate of drug-likeness (QED) is 0.687. The summed E-state index contributed by atoms with van der Waals surface area (Å²) in [5.74, 6) is 1.30. The summed E-state index contributed by atoms with van der Waals surface area (Å²) < 4.78 is 0. The molecule has 0 aromatic carbocycles. The Balaban J connectivity index is 2.12. The third kappa shape index (κ3) is 6.18. The Morgan fingerprint density at radius 3 is 1.44 bits per heavy atom. The molecule has 104 valence electrons. The van der Waals surface area contributed by atoms with Crippen molar-refractivity contribution in [3.63, 3.8) is 0 Å². The molecule has 6 heteroatoms. The largest absolute Gasteiger partial charge is 0.355 e. The van der Waals surface area contributed by atoms with Crippen molar-refractivity contribution in [1.29, 1.82) is 0 Å². The minimum absolute atomic E-state index is 0.0571. The fourth-order valence-electron chi connectivity index (χ4n) is 2.25. The van der Waals surface area contributed by atoms with E-state index in [1.165, 1.54) is 0 Å². The van der Waals surface area contributed by atoms with E-state index in [9.17, 15) is 9.59 Å². The summed E-state index contributed by atoms with van der Waals surface area (Å²) in [4.78, 5) is 22.2. The number of rotatable bonds is 6. The van der Waals surface area contributed by atoms with Gasteiger partial charge in [-0.05, 0) is 37.5 Å². The zero-order valence-corrected chi connectivity index (χ0v) is 13.6. The number of carbonyl (C=O) groups excluding carboxylic acids is 2. The van der Waals surface area contributed by atoms with Crippen LogP contribution in [0.5, 0.6) is 0 Å². The summed E-state index contributed by atoms with van der Waals surface area (Å²) in [7, 11) is 0. The molecular weight excluding hydrogens is 364 g/mol. The van der Waals surface area contributed by atoms with Gasteiger partial charge >= 0.3 is 0 Å². The summed E-state index contributed by atoms with van der Waals surface area (Å²) in [5.41, 5.74) is 0. The van der Waals surface area contributed by atoms with Crippen molar-refractivity contribution < 1.29 is 9.59 Å². The smallest absolute Gasteiger partial charge is 0.230 e. The van der Waals surface area contributed by atoms with Crippen LogP contribution >= 0.6 is 31.9 Å². The number of alkyl halides is 2. The highest BCUT2D eigenvalue weighted by molar-refractivity contribution is 9.09. The van der Waals surface area contributed by atoms with Gasteiger partial charge in [0, 0.05) is 13.1 Å². The summed E-state index contributed by atoms with van der Waals surface area (Å²) in [6, 6.07) is 0. The van der Waals surface area contributed by atoms with Crippen LogP contribution in [0.25, 0.3) is 0 Å². The normalized spacial score (nSPS) is 23.4. The van der Waals surface area contributed by atoms with E-state index in [0.717, 1.165) is 38.8 Å². The zero-order chi connectivity index (χ0) is 13.4. The molecule has 1 rings (SSSR count). The van der Waals surface area contributed by atoms with Crippen LogP contribution in [0.3, 0.4) is 0 Å². The van der Waals surface area contributed by atoms with Gasteiger partial charge in [0.15, 0.2) is 0 Å². The van der Waals surface area contributed by atoms with Gasteiger partial charge in [0.05, 0.1) is 10.7 Å². The first kappa shape index (κ1) is 16.0. The van der Waals surface area contributed by atoms with Crippen LogP contribution in [0.15, 0.2) is 0 Å². The first-order chi connectivity index (χ1) is 8.65. The van der Waals surface area contributed by atoms with E-state index in [4.69, 9.17) is 0 Å². The standard InChI is InChI=1S/C12H20Br2N2O2/c13-5-11(17)15-7-9-1-2-10(4-3-9)8-16-12(18)6-14/h9-10H,1-8H2,(H,15,17)(H,16,18). The minimum Gasteiger partial charge on any atom is -0.355 e. The Bertz CT molecular complexity index is 251. The van der Waals surface area contributed by atoms with E-state index < -0.39 is 0 Å². The van der Waals surface area contributed by atoms with Crippen LogP contribution in [0.4, 0.5) is 0 Å². The molecule has 0 aromatic heterocycles. The number of hydrogen-bond acceptors (Lipinski definition) is 2. The predicted octanol–water partition coefficient (Wildman–Crippen LogP) is 1.81. The molecule has 0 aromatic rings. The Morgan fingerprint density at radius 2 is 1.17 bits per heavy atom. The van der Waals surface area contributed by atoms with Crippen LogP contribution in [0.1, 0.15) is 25.7 Å². The molecule has 1 saturated carbocycles. The van der Waals surface area contributed by atoms with Crippen molar-refractivity contribution in [1.82, 2.24) is 10.6 Å². The van der Waals surface area contributed by atoms with E-state index in [2.05, 4.69) is 42.5 Å². The Kier molecular flexibility index (Phi) is 7.90. The van der Waals surface area contributed by atoms with Crippen LogP contribution in [-0.2, 0) is 9.59 Å². The number of amides is 2. The van der Waals surface area contributed by atoms with Crippen molar-refractivity contribution in [2.45, 2.75) is 25.7 Å². The molecular formula is C12H20Br2N2O2. The highest BCUT2D eigenvalue weighted by Gasteiger charge is 2.21. The van der Waals surface area contributed by atoms with Crippen LogP contribution in [0.2, 0.25) is 0 Å². The van der Waals surface area contributed by atoms with Gasteiger partial charge in [-0.3, -0.25) is 9.59 Å². The van der Waals surface area contributed by atoms with Gasteiger partial charge in [0.2, 0.25) is 11.8 Å². The van der Waals surface area contributed by atoms with Gasteiger partial charge in [-0.2, -0.15) is 0 Å². The van der Waals surface area contributed by atoms with Crippen molar-refractivity contribution >= 4 is 43.7 Å². The lowest BCUT2D eigenvalue weighted by Gasteiger charge is -2.28.